The molecular weight excluding hydrogens is 427 g/mol. The molecule has 3 aromatic rings. The van der Waals surface area contributed by atoms with Crippen molar-refractivity contribution in [1.29, 1.82) is 0 Å². The lowest BCUT2D eigenvalue weighted by Crippen LogP contribution is -2.37. The summed E-state index contributed by atoms with van der Waals surface area (Å²) in [5.41, 5.74) is 2.86. The molecule has 1 saturated heterocycles. The predicted octanol–water partition coefficient (Wildman–Crippen LogP) is 3.92. The van der Waals surface area contributed by atoms with Crippen LogP contribution in [-0.2, 0) is 16.6 Å². The zero-order chi connectivity index (χ0) is 22.7. The van der Waals surface area contributed by atoms with Gasteiger partial charge in [0.1, 0.15) is 5.82 Å². The summed E-state index contributed by atoms with van der Waals surface area (Å²) in [5.74, 6) is -0.585. The maximum Gasteiger partial charge on any atom is 0.241 e. The zero-order valence-corrected chi connectivity index (χ0v) is 18.6. The highest BCUT2D eigenvalue weighted by Gasteiger charge is 2.28. The number of halogens is 1. The lowest BCUT2D eigenvalue weighted by molar-refractivity contribution is 0.103. The Kier molecular flexibility index (Phi) is 6.50. The number of ketones is 1. The molecule has 0 amide bonds. The molecule has 1 aliphatic rings. The minimum atomic E-state index is -3.79. The van der Waals surface area contributed by atoms with Crippen LogP contribution in [0.4, 0.5) is 4.39 Å². The Bertz CT molecular complexity index is 1210. The van der Waals surface area contributed by atoms with Crippen molar-refractivity contribution in [3.63, 3.8) is 0 Å². The Morgan fingerprint density at radius 3 is 2.44 bits per heavy atom. The van der Waals surface area contributed by atoms with Crippen molar-refractivity contribution in [2.45, 2.75) is 30.8 Å². The number of carbonyl (C=O) groups is 1. The second kappa shape index (κ2) is 9.32. The van der Waals surface area contributed by atoms with E-state index in [1.54, 1.807) is 19.1 Å². The van der Waals surface area contributed by atoms with Gasteiger partial charge >= 0.3 is 0 Å². The number of benzene rings is 3. The van der Waals surface area contributed by atoms with Crippen LogP contribution in [0.1, 0.15) is 33.5 Å². The van der Waals surface area contributed by atoms with Crippen LogP contribution in [-0.4, -0.2) is 38.2 Å². The normalized spacial score (nSPS) is 16.9. The van der Waals surface area contributed by atoms with Gasteiger partial charge in [0, 0.05) is 36.8 Å². The number of aryl methyl sites for hydroxylation is 1. The van der Waals surface area contributed by atoms with Gasteiger partial charge < -0.3 is 0 Å². The van der Waals surface area contributed by atoms with Crippen LogP contribution in [0.5, 0.6) is 0 Å². The number of hydrogen-bond donors (Lipinski definition) is 1. The van der Waals surface area contributed by atoms with Gasteiger partial charge in [-0.1, -0.05) is 60.7 Å². The van der Waals surface area contributed by atoms with Gasteiger partial charge in [-0.3, -0.25) is 9.69 Å². The summed E-state index contributed by atoms with van der Waals surface area (Å²) in [7, 11) is -3.79. The molecule has 1 atom stereocenters. The third-order valence-electron chi connectivity index (χ3n) is 5.69. The van der Waals surface area contributed by atoms with E-state index in [1.807, 2.05) is 42.5 Å². The highest BCUT2D eigenvalue weighted by molar-refractivity contribution is 7.89. The maximum absolute atomic E-state index is 13.5. The molecule has 0 unspecified atom stereocenters. The van der Waals surface area contributed by atoms with Crippen LogP contribution in [0.25, 0.3) is 0 Å². The quantitative estimate of drug-likeness (QED) is 0.552. The first kappa shape index (κ1) is 22.3. The molecule has 3 aromatic carbocycles. The molecule has 166 valence electrons. The maximum atomic E-state index is 13.5. The van der Waals surface area contributed by atoms with Gasteiger partial charge in [0.25, 0.3) is 0 Å². The third kappa shape index (κ3) is 5.12. The molecule has 7 heteroatoms. The Balaban J connectivity index is 1.36. The second-order valence-corrected chi connectivity index (χ2v) is 9.83. The molecule has 5 nitrogen and oxygen atoms in total. The highest BCUT2D eigenvalue weighted by atomic mass is 32.2. The summed E-state index contributed by atoms with van der Waals surface area (Å²) in [5, 5.41) is 0. The standard InChI is InChI=1S/C25H25FN2O3S/c1-18-7-12-22(26)15-24(18)32(30,31)27-23-13-14-28(17-23)16-19-8-10-21(11-9-19)25(29)20-5-3-2-4-6-20/h2-12,15,23,27H,13-14,16-17H2,1H3/t23-/m1/s1. The number of sulfonamides is 1. The molecule has 1 heterocycles. The monoisotopic (exact) mass is 452 g/mol. The minimum Gasteiger partial charge on any atom is -0.297 e. The Labute approximate surface area is 187 Å². The molecule has 0 radical (unpaired) electrons. The van der Waals surface area contributed by atoms with E-state index in [9.17, 15) is 17.6 Å². The van der Waals surface area contributed by atoms with E-state index in [1.165, 1.54) is 12.1 Å². The largest absolute Gasteiger partial charge is 0.297 e. The molecule has 0 aliphatic carbocycles. The van der Waals surface area contributed by atoms with Crippen LogP contribution in [0.3, 0.4) is 0 Å². The first-order valence-electron chi connectivity index (χ1n) is 10.5. The first-order valence-corrected chi connectivity index (χ1v) is 12.0. The van der Waals surface area contributed by atoms with Crippen molar-refractivity contribution < 1.29 is 17.6 Å². The summed E-state index contributed by atoms with van der Waals surface area (Å²) in [6.45, 7) is 3.64. The van der Waals surface area contributed by atoms with Crippen LogP contribution in [0, 0.1) is 12.7 Å². The van der Waals surface area contributed by atoms with E-state index in [0.29, 0.717) is 36.2 Å². The average Bonchev–Trinajstić information content (AvgIpc) is 3.22. The first-order chi connectivity index (χ1) is 15.3. The van der Waals surface area contributed by atoms with Gasteiger partial charge in [-0.2, -0.15) is 0 Å². The van der Waals surface area contributed by atoms with E-state index in [2.05, 4.69) is 9.62 Å². The van der Waals surface area contributed by atoms with E-state index >= 15 is 0 Å². The van der Waals surface area contributed by atoms with Gasteiger partial charge in [-0.25, -0.2) is 17.5 Å². The highest BCUT2D eigenvalue weighted by Crippen LogP contribution is 2.20. The fourth-order valence-corrected chi connectivity index (χ4v) is 5.51. The number of carbonyl (C=O) groups excluding carboxylic acids is 1. The van der Waals surface area contributed by atoms with Gasteiger partial charge in [0.15, 0.2) is 5.78 Å². The van der Waals surface area contributed by atoms with Crippen molar-refractivity contribution in [3.05, 3.63) is 101 Å². The molecule has 1 fully saturated rings. The predicted molar refractivity (Wildman–Crippen MR) is 121 cm³/mol. The molecule has 1 aliphatic heterocycles. The van der Waals surface area contributed by atoms with Crippen LogP contribution in [0.2, 0.25) is 0 Å². The van der Waals surface area contributed by atoms with E-state index in [0.717, 1.165) is 18.2 Å². The number of rotatable bonds is 7. The smallest absolute Gasteiger partial charge is 0.241 e. The van der Waals surface area contributed by atoms with Crippen LogP contribution in [0.15, 0.2) is 77.7 Å². The lowest BCUT2D eigenvalue weighted by Gasteiger charge is -2.17. The van der Waals surface area contributed by atoms with Crippen LogP contribution < -0.4 is 4.72 Å². The van der Waals surface area contributed by atoms with E-state index in [4.69, 9.17) is 0 Å². The van der Waals surface area contributed by atoms with Crippen LogP contribution >= 0.6 is 0 Å². The molecule has 0 bridgehead atoms. The molecule has 4 rings (SSSR count). The van der Waals surface area contributed by atoms with Crippen molar-refractivity contribution in [2.75, 3.05) is 13.1 Å². The molecular formula is C25H25FN2O3S. The molecule has 0 aromatic heterocycles. The summed E-state index contributed by atoms with van der Waals surface area (Å²) in [4.78, 5) is 14.7. The second-order valence-electron chi connectivity index (χ2n) is 8.14. The summed E-state index contributed by atoms with van der Waals surface area (Å²) in [6, 6.07) is 20.2. The number of nitrogens with one attached hydrogen (secondary N) is 1. The molecule has 32 heavy (non-hydrogen) atoms. The lowest BCUT2D eigenvalue weighted by atomic mass is 10.0. The number of hydrogen-bond acceptors (Lipinski definition) is 4. The average molecular weight is 453 g/mol. The van der Waals surface area contributed by atoms with E-state index < -0.39 is 15.8 Å². The molecule has 0 spiro atoms. The van der Waals surface area contributed by atoms with E-state index in [-0.39, 0.29) is 16.7 Å². The van der Waals surface area contributed by atoms with Crippen molar-refractivity contribution in [1.82, 2.24) is 9.62 Å². The summed E-state index contributed by atoms with van der Waals surface area (Å²) in [6.07, 6.45) is 0.679. The van der Waals surface area contributed by atoms with Gasteiger partial charge in [-0.15, -0.1) is 0 Å². The fourth-order valence-electron chi connectivity index (χ4n) is 3.99. The van der Waals surface area contributed by atoms with Crippen molar-refractivity contribution in [3.8, 4) is 0 Å². The Hall–Kier alpha value is -2.87. The molecule has 0 saturated carbocycles. The fraction of sp³-hybridized carbons (Fsp3) is 0.240. The number of nitrogens with zero attached hydrogens (tertiary/aromatic N) is 1. The number of likely N-dealkylation sites (tertiary alicyclic amines) is 1. The molecule has 1 N–H and O–H groups in total. The summed E-state index contributed by atoms with van der Waals surface area (Å²) < 4.78 is 41.7. The third-order valence-corrected chi connectivity index (χ3v) is 7.35. The Morgan fingerprint density at radius 1 is 1.03 bits per heavy atom. The topological polar surface area (TPSA) is 66.5 Å². The summed E-state index contributed by atoms with van der Waals surface area (Å²) >= 11 is 0. The zero-order valence-electron chi connectivity index (χ0n) is 17.8. The van der Waals surface area contributed by atoms with Gasteiger partial charge in [-0.05, 0) is 36.6 Å². The van der Waals surface area contributed by atoms with Crippen molar-refractivity contribution >= 4 is 15.8 Å². The minimum absolute atomic E-state index is 0.0135. The van der Waals surface area contributed by atoms with Gasteiger partial charge in [0.2, 0.25) is 10.0 Å². The van der Waals surface area contributed by atoms with Gasteiger partial charge in [0.05, 0.1) is 4.90 Å². The SMILES string of the molecule is Cc1ccc(F)cc1S(=O)(=O)N[C@@H]1CCN(Cc2ccc(C(=O)c3ccccc3)cc2)C1. The Morgan fingerprint density at radius 2 is 1.72 bits per heavy atom. The van der Waals surface area contributed by atoms with Crippen molar-refractivity contribution in [2.24, 2.45) is 0 Å².